The molecular weight excluding hydrogens is 588 g/mol. The van der Waals surface area contributed by atoms with Crippen LogP contribution in [0.1, 0.15) is 46.2 Å². The van der Waals surface area contributed by atoms with Crippen LogP contribution in [0.25, 0.3) is 10.9 Å². The molecule has 11 heteroatoms. The average Bonchev–Trinajstić information content (AvgIpc) is 3.73. The number of benzene rings is 2. The molecule has 6 rings (SSSR count). The van der Waals surface area contributed by atoms with E-state index in [-0.39, 0.29) is 30.1 Å². The van der Waals surface area contributed by atoms with Gasteiger partial charge in [0, 0.05) is 37.1 Å². The molecule has 4 heterocycles. The molecule has 226 valence electrons. The summed E-state index contributed by atoms with van der Waals surface area (Å²) >= 11 is 1.67. The van der Waals surface area contributed by atoms with Crippen molar-refractivity contribution in [1.29, 1.82) is 0 Å². The van der Waals surface area contributed by atoms with Crippen molar-refractivity contribution < 1.29 is 22.4 Å². The fraction of sp³-hybridized carbons (Fsp3) is 0.375. The summed E-state index contributed by atoms with van der Waals surface area (Å²) in [5, 5.41) is 5.07. The first-order chi connectivity index (χ1) is 20.6. The van der Waals surface area contributed by atoms with Gasteiger partial charge in [0.1, 0.15) is 12.4 Å². The van der Waals surface area contributed by atoms with E-state index in [1.165, 1.54) is 11.1 Å². The summed E-state index contributed by atoms with van der Waals surface area (Å²) in [4.78, 5) is 30.9. The third kappa shape index (κ3) is 6.68. The van der Waals surface area contributed by atoms with Crippen molar-refractivity contribution in [2.24, 2.45) is 5.92 Å². The molecule has 2 atom stereocenters. The quantitative estimate of drug-likeness (QED) is 0.309. The number of fused-ring (bicyclic) bond motifs is 1. The lowest BCUT2D eigenvalue weighted by Crippen LogP contribution is -2.38. The SMILES string of the molecule is CS(=O)(=O)NC(=O)Cn1ccc2cccc(C(=O)N3CC(CN4CCC(c5ccc(F)cc5)CC4)C(c4ccsc4)C3)c21. The highest BCUT2D eigenvalue weighted by atomic mass is 32.2. The smallest absolute Gasteiger partial charge is 0.256 e. The van der Waals surface area contributed by atoms with Crippen LogP contribution in [0.3, 0.4) is 0 Å². The van der Waals surface area contributed by atoms with Crippen LogP contribution in [-0.2, 0) is 21.4 Å². The lowest BCUT2D eigenvalue weighted by atomic mass is 9.87. The molecule has 0 aliphatic carbocycles. The summed E-state index contributed by atoms with van der Waals surface area (Å²) in [6, 6.07) is 16.4. The number of piperidine rings is 1. The number of halogens is 1. The maximum atomic E-state index is 14.1. The molecule has 8 nitrogen and oxygen atoms in total. The number of amides is 2. The topological polar surface area (TPSA) is 91.7 Å². The molecule has 2 aliphatic rings. The Hall–Kier alpha value is -3.54. The van der Waals surface area contributed by atoms with Gasteiger partial charge in [-0.05, 0) is 90.0 Å². The fourth-order valence-electron chi connectivity index (χ4n) is 6.73. The highest BCUT2D eigenvalue weighted by Crippen LogP contribution is 2.37. The van der Waals surface area contributed by atoms with Gasteiger partial charge >= 0.3 is 0 Å². The molecule has 0 bridgehead atoms. The van der Waals surface area contributed by atoms with Crippen molar-refractivity contribution in [3.63, 3.8) is 0 Å². The van der Waals surface area contributed by atoms with Gasteiger partial charge in [-0.25, -0.2) is 12.8 Å². The van der Waals surface area contributed by atoms with Gasteiger partial charge < -0.3 is 14.4 Å². The lowest BCUT2D eigenvalue weighted by Gasteiger charge is -2.34. The molecule has 2 saturated heterocycles. The molecule has 2 amide bonds. The summed E-state index contributed by atoms with van der Waals surface area (Å²) in [6.45, 7) is 3.85. The first-order valence-electron chi connectivity index (χ1n) is 14.5. The second-order valence-corrected chi connectivity index (χ2v) is 14.3. The number of carbonyl (C=O) groups excluding carboxylic acids is 2. The Bertz CT molecular complexity index is 1710. The summed E-state index contributed by atoms with van der Waals surface area (Å²) < 4.78 is 40.2. The van der Waals surface area contributed by atoms with Crippen molar-refractivity contribution in [2.75, 3.05) is 39.0 Å². The molecule has 0 saturated carbocycles. The highest BCUT2D eigenvalue weighted by Gasteiger charge is 2.38. The summed E-state index contributed by atoms with van der Waals surface area (Å²) in [6.07, 6.45) is 4.70. The van der Waals surface area contributed by atoms with Crippen molar-refractivity contribution >= 4 is 44.1 Å². The zero-order chi connectivity index (χ0) is 30.1. The minimum absolute atomic E-state index is 0.0909. The Balaban J connectivity index is 1.18. The summed E-state index contributed by atoms with van der Waals surface area (Å²) in [5.74, 6) is -0.0367. The molecule has 2 aromatic carbocycles. The van der Waals surface area contributed by atoms with Crippen LogP contribution in [0.5, 0.6) is 0 Å². The van der Waals surface area contributed by atoms with Gasteiger partial charge in [-0.1, -0.05) is 24.3 Å². The normalized spacial score (nSPS) is 20.1. The Kier molecular flexibility index (Phi) is 8.39. The third-order valence-electron chi connectivity index (χ3n) is 8.75. The van der Waals surface area contributed by atoms with Crippen molar-refractivity contribution in [2.45, 2.75) is 31.2 Å². The Morgan fingerprint density at radius 1 is 1.00 bits per heavy atom. The van der Waals surface area contributed by atoms with Gasteiger partial charge in [0.05, 0.1) is 17.3 Å². The average molecular weight is 623 g/mol. The highest BCUT2D eigenvalue weighted by molar-refractivity contribution is 7.89. The second-order valence-electron chi connectivity index (χ2n) is 11.7. The maximum absolute atomic E-state index is 14.1. The first kappa shape index (κ1) is 29.5. The first-order valence-corrected chi connectivity index (χ1v) is 17.4. The van der Waals surface area contributed by atoms with Gasteiger partial charge in [0.15, 0.2) is 0 Å². The summed E-state index contributed by atoms with van der Waals surface area (Å²) in [5.41, 5.74) is 3.57. The number of para-hydroxylation sites is 1. The van der Waals surface area contributed by atoms with Gasteiger partial charge in [0.2, 0.25) is 10.0 Å². The number of hydrogen-bond donors (Lipinski definition) is 1. The molecule has 2 aliphatic heterocycles. The molecule has 43 heavy (non-hydrogen) atoms. The van der Waals surface area contributed by atoms with E-state index in [2.05, 4.69) is 21.7 Å². The van der Waals surface area contributed by atoms with Crippen LogP contribution in [0.4, 0.5) is 4.39 Å². The van der Waals surface area contributed by atoms with E-state index in [9.17, 15) is 22.4 Å². The standard InChI is InChI=1S/C32H35FN4O4S2/c1-43(40,41)34-30(38)20-36-15-11-24-3-2-4-28(31(24)36)32(39)37-18-26(29(19-37)25-12-16-42-21-25)17-35-13-9-23(10-14-35)22-5-7-27(33)8-6-22/h2-8,11-12,15-16,21,23,26,29H,9-10,13-14,17-20H2,1H3,(H,34,38). The number of hydrogen-bond acceptors (Lipinski definition) is 6. The molecule has 2 fully saturated rings. The van der Waals surface area contributed by atoms with E-state index < -0.39 is 15.9 Å². The Morgan fingerprint density at radius 2 is 1.77 bits per heavy atom. The second kappa shape index (κ2) is 12.2. The molecule has 2 aromatic heterocycles. The molecule has 0 radical (unpaired) electrons. The van der Waals surface area contributed by atoms with Crippen LogP contribution in [0, 0.1) is 11.7 Å². The number of rotatable bonds is 8. The van der Waals surface area contributed by atoms with E-state index in [1.54, 1.807) is 40.3 Å². The minimum Gasteiger partial charge on any atom is -0.338 e. The number of carbonyl (C=O) groups is 2. The zero-order valence-electron chi connectivity index (χ0n) is 24.0. The van der Waals surface area contributed by atoms with Gasteiger partial charge in [-0.3, -0.25) is 14.3 Å². The van der Waals surface area contributed by atoms with E-state index in [4.69, 9.17) is 0 Å². The van der Waals surface area contributed by atoms with Crippen LogP contribution in [0.2, 0.25) is 0 Å². The van der Waals surface area contributed by atoms with Crippen molar-refractivity contribution in [1.82, 2.24) is 19.1 Å². The molecule has 2 unspecified atom stereocenters. The maximum Gasteiger partial charge on any atom is 0.256 e. The molecular formula is C32H35FN4O4S2. The van der Waals surface area contributed by atoms with Crippen molar-refractivity contribution in [3.8, 4) is 0 Å². The molecule has 4 aromatic rings. The minimum atomic E-state index is -3.69. The largest absolute Gasteiger partial charge is 0.338 e. The van der Waals surface area contributed by atoms with Crippen LogP contribution in [0.15, 0.2) is 71.6 Å². The van der Waals surface area contributed by atoms with Gasteiger partial charge in [0.25, 0.3) is 11.8 Å². The zero-order valence-corrected chi connectivity index (χ0v) is 25.6. The Morgan fingerprint density at radius 3 is 2.47 bits per heavy atom. The number of nitrogens with one attached hydrogen (secondary N) is 1. The molecule has 0 spiro atoms. The number of sulfonamides is 1. The van der Waals surface area contributed by atoms with Gasteiger partial charge in [-0.2, -0.15) is 11.3 Å². The predicted molar refractivity (Wildman–Crippen MR) is 166 cm³/mol. The van der Waals surface area contributed by atoms with Crippen LogP contribution in [-0.4, -0.2) is 73.6 Å². The van der Waals surface area contributed by atoms with Gasteiger partial charge in [-0.15, -0.1) is 0 Å². The van der Waals surface area contributed by atoms with Crippen LogP contribution < -0.4 is 4.72 Å². The van der Waals surface area contributed by atoms with E-state index in [0.29, 0.717) is 30.1 Å². The predicted octanol–water partition coefficient (Wildman–Crippen LogP) is 4.65. The van der Waals surface area contributed by atoms with Crippen LogP contribution >= 0.6 is 11.3 Å². The number of likely N-dealkylation sites (tertiary alicyclic amines) is 2. The number of thiophene rings is 1. The lowest BCUT2D eigenvalue weighted by molar-refractivity contribution is -0.119. The molecule has 1 N–H and O–H groups in total. The monoisotopic (exact) mass is 622 g/mol. The fourth-order valence-corrected chi connectivity index (χ4v) is 7.93. The number of nitrogens with zero attached hydrogens (tertiary/aromatic N) is 3. The van der Waals surface area contributed by atoms with E-state index in [1.807, 2.05) is 40.0 Å². The summed E-state index contributed by atoms with van der Waals surface area (Å²) in [7, 11) is -3.69. The van der Waals surface area contributed by atoms with Crippen molar-refractivity contribution in [3.05, 3.63) is 94.1 Å². The van der Waals surface area contributed by atoms with E-state index in [0.717, 1.165) is 44.1 Å². The van der Waals surface area contributed by atoms with E-state index >= 15 is 0 Å². The third-order valence-corrected chi connectivity index (χ3v) is 10.1. The Labute approximate surface area is 255 Å². The number of aromatic nitrogens is 1.